The summed E-state index contributed by atoms with van der Waals surface area (Å²) in [5, 5.41) is 3.35. The van der Waals surface area contributed by atoms with Crippen molar-refractivity contribution < 1.29 is 13.2 Å². The van der Waals surface area contributed by atoms with Gasteiger partial charge in [-0.25, -0.2) is 12.7 Å². The van der Waals surface area contributed by atoms with Crippen LogP contribution < -0.4 is 5.32 Å². The number of nitrogens with one attached hydrogen (secondary N) is 1. The highest BCUT2D eigenvalue weighted by molar-refractivity contribution is 9.10. The van der Waals surface area contributed by atoms with E-state index < -0.39 is 10.0 Å². The van der Waals surface area contributed by atoms with E-state index in [9.17, 15) is 13.2 Å². The number of sulfonamides is 1. The van der Waals surface area contributed by atoms with Gasteiger partial charge < -0.3 is 5.32 Å². The first-order chi connectivity index (χ1) is 12.8. The molecule has 27 heavy (non-hydrogen) atoms. The molecule has 0 atom stereocenters. The molecule has 2 aromatic carbocycles. The lowest BCUT2D eigenvalue weighted by atomic mass is 9.97. The Kier molecular flexibility index (Phi) is 6.57. The lowest BCUT2D eigenvalue weighted by molar-refractivity contribution is -0.120. The summed E-state index contributed by atoms with van der Waals surface area (Å²) in [6.45, 7) is 0.673. The molecule has 1 amide bonds. The van der Waals surface area contributed by atoms with Crippen LogP contribution in [0.1, 0.15) is 18.4 Å². The second-order valence-corrected chi connectivity index (χ2v) is 9.81. The van der Waals surface area contributed by atoms with Gasteiger partial charge in [-0.15, -0.1) is 0 Å². The van der Waals surface area contributed by atoms with Crippen molar-refractivity contribution in [1.82, 2.24) is 4.31 Å². The van der Waals surface area contributed by atoms with Crippen LogP contribution in [0, 0.1) is 5.92 Å². The highest BCUT2D eigenvalue weighted by atomic mass is 79.9. The Morgan fingerprint density at radius 3 is 2.52 bits per heavy atom. The van der Waals surface area contributed by atoms with Gasteiger partial charge in [0.25, 0.3) is 0 Å². The Morgan fingerprint density at radius 1 is 1.15 bits per heavy atom. The maximum Gasteiger partial charge on any atom is 0.227 e. The van der Waals surface area contributed by atoms with Gasteiger partial charge in [-0.2, -0.15) is 0 Å². The van der Waals surface area contributed by atoms with Crippen molar-refractivity contribution in [2.45, 2.75) is 18.6 Å². The molecule has 1 fully saturated rings. The van der Waals surface area contributed by atoms with E-state index in [1.54, 1.807) is 24.3 Å². The molecule has 0 radical (unpaired) electrons. The molecule has 0 saturated carbocycles. The molecule has 1 aliphatic rings. The van der Waals surface area contributed by atoms with Gasteiger partial charge in [0.2, 0.25) is 15.9 Å². The first-order valence-electron chi connectivity index (χ1n) is 8.63. The van der Waals surface area contributed by atoms with E-state index in [1.807, 2.05) is 24.3 Å². The number of hydrogen-bond acceptors (Lipinski definition) is 3. The number of amides is 1. The number of carbonyl (C=O) groups excluding carboxylic acids is 1. The molecule has 0 aliphatic carbocycles. The van der Waals surface area contributed by atoms with Crippen molar-refractivity contribution in [2.24, 2.45) is 5.92 Å². The third-order valence-corrected chi connectivity index (χ3v) is 7.30. The van der Waals surface area contributed by atoms with Gasteiger partial charge in [-0.1, -0.05) is 51.8 Å². The van der Waals surface area contributed by atoms with Crippen LogP contribution in [0.15, 0.2) is 53.0 Å². The third-order valence-electron chi connectivity index (χ3n) is 4.61. The minimum absolute atomic E-state index is 0.0729. The molecule has 1 heterocycles. The fraction of sp³-hybridized carbons (Fsp3) is 0.316. The lowest BCUT2D eigenvalue weighted by Crippen LogP contribution is -2.41. The molecule has 144 valence electrons. The van der Waals surface area contributed by atoms with Gasteiger partial charge in [0.1, 0.15) is 0 Å². The molecule has 0 spiro atoms. The average Bonchev–Trinajstić information content (AvgIpc) is 2.64. The number of carbonyl (C=O) groups is 1. The Hall–Kier alpha value is -1.41. The molecule has 8 heteroatoms. The smallest absolute Gasteiger partial charge is 0.227 e. The summed E-state index contributed by atoms with van der Waals surface area (Å²) in [4.78, 5) is 12.5. The summed E-state index contributed by atoms with van der Waals surface area (Å²) in [5.74, 6) is -0.395. The van der Waals surface area contributed by atoms with Crippen LogP contribution >= 0.6 is 27.5 Å². The zero-order valence-electron chi connectivity index (χ0n) is 14.6. The predicted octanol–water partition coefficient (Wildman–Crippen LogP) is 4.28. The van der Waals surface area contributed by atoms with Crippen molar-refractivity contribution in [3.8, 4) is 0 Å². The second kappa shape index (κ2) is 8.73. The van der Waals surface area contributed by atoms with Crippen LogP contribution in [0.25, 0.3) is 0 Å². The molecule has 2 aromatic rings. The van der Waals surface area contributed by atoms with E-state index in [0.717, 1.165) is 10.2 Å². The molecule has 0 bridgehead atoms. The number of halogens is 2. The van der Waals surface area contributed by atoms with E-state index in [2.05, 4.69) is 21.2 Å². The highest BCUT2D eigenvalue weighted by Gasteiger charge is 2.31. The normalized spacial score (nSPS) is 16.2. The third kappa shape index (κ3) is 5.31. The maximum absolute atomic E-state index is 12.7. The molecule has 0 unspecified atom stereocenters. The summed E-state index contributed by atoms with van der Waals surface area (Å²) in [6, 6.07) is 14.3. The monoisotopic (exact) mass is 470 g/mol. The summed E-state index contributed by atoms with van der Waals surface area (Å²) in [7, 11) is -3.46. The van der Waals surface area contributed by atoms with Crippen LogP contribution in [0.5, 0.6) is 0 Å². The number of anilines is 1. The molecular formula is C19H20BrClN2O3S. The van der Waals surface area contributed by atoms with Crippen molar-refractivity contribution in [3.63, 3.8) is 0 Å². The van der Waals surface area contributed by atoms with E-state index in [1.165, 1.54) is 4.31 Å². The summed E-state index contributed by atoms with van der Waals surface area (Å²) < 4.78 is 27.7. The molecule has 5 nitrogen and oxygen atoms in total. The van der Waals surface area contributed by atoms with Gasteiger partial charge in [-0.05, 0) is 42.7 Å². The van der Waals surface area contributed by atoms with Gasteiger partial charge in [0.05, 0.1) is 5.75 Å². The quantitative estimate of drug-likeness (QED) is 0.708. The summed E-state index contributed by atoms with van der Waals surface area (Å²) in [6.07, 6.45) is 1.00. The Bertz CT molecular complexity index is 928. The second-order valence-electron chi connectivity index (χ2n) is 6.52. The molecule has 3 rings (SSSR count). The van der Waals surface area contributed by atoms with E-state index in [4.69, 9.17) is 11.6 Å². The van der Waals surface area contributed by atoms with Crippen molar-refractivity contribution >= 4 is 49.1 Å². The highest BCUT2D eigenvalue weighted by Crippen LogP contribution is 2.25. The van der Waals surface area contributed by atoms with Crippen LogP contribution in [0.4, 0.5) is 5.69 Å². The van der Waals surface area contributed by atoms with Crippen molar-refractivity contribution in [1.29, 1.82) is 0 Å². The fourth-order valence-electron chi connectivity index (χ4n) is 3.11. The van der Waals surface area contributed by atoms with Crippen molar-refractivity contribution in [3.05, 3.63) is 63.6 Å². The van der Waals surface area contributed by atoms with E-state index in [0.29, 0.717) is 36.5 Å². The SMILES string of the molecule is O=C(Nc1cccc(Br)c1)C1CCN(S(=O)(=O)Cc2ccccc2Cl)CC1. The van der Waals surface area contributed by atoms with Gasteiger partial charge >= 0.3 is 0 Å². The van der Waals surface area contributed by atoms with Crippen LogP contribution in [-0.2, 0) is 20.6 Å². The Labute approximate surface area is 172 Å². The van der Waals surface area contributed by atoms with Gasteiger partial charge in [-0.3, -0.25) is 4.79 Å². The molecule has 1 N–H and O–H groups in total. The number of benzene rings is 2. The average molecular weight is 472 g/mol. The summed E-state index contributed by atoms with van der Waals surface area (Å²) >= 11 is 9.46. The zero-order valence-corrected chi connectivity index (χ0v) is 17.7. The van der Waals surface area contributed by atoms with Crippen LogP contribution in [-0.4, -0.2) is 31.7 Å². The number of piperidine rings is 1. The zero-order chi connectivity index (χ0) is 19.4. The predicted molar refractivity (Wildman–Crippen MR) is 111 cm³/mol. The molecule has 0 aromatic heterocycles. The first-order valence-corrected chi connectivity index (χ1v) is 11.4. The van der Waals surface area contributed by atoms with E-state index in [-0.39, 0.29) is 17.6 Å². The largest absolute Gasteiger partial charge is 0.326 e. The summed E-state index contributed by atoms with van der Waals surface area (Å²) in [5.41, 5.74) is 1.32. The minimum Gasteiger partial charge on any atom is -0.326 e. The van der Waals surface area contributed by atoms with Crippen LogP contribution in [0.2, 0.25) is 5.02 Å². The molecular weight excluding hydrogens is 452 g/mol. The van der Waals surface area contributed by atoms with Crippen LogP contribution in [0.3, 0.4) is 0 Å². The minimum atomic E-state index is -3.46. The van der Waals surface area contributed by atoms with Crippen molar-refractivity contribution in [2.75, 3.05) is 18.4 Å². The standard InChI is InChI=1S/C19H20BrClN2O3S/c20-16-5-3-6-17(12-16)22-19(24)14-8-10-23(11-9-14)27(25,26)13-15-4-1-2-7-18(15)21/h1-7,12,14H,8-11,13H2,(H,22,24). The molecule has 1 aliphatic heterocycles. The number of hydrogen-bond donors (Lipinski definition) is 1. The van der Waals surface area contributed by atoms with Gasteiger partial charge in [0, 0.05) is 34.2 Å². The maximum atomic E-state index is 12.7. The molecule has 1 saturated heterocycles. The fourth-order valence-corrected chi connectivity index (χ4v) is 5.39. The van der Waals surface area contributed by atoms with Gasteiger partial charge in [0.15, 0.2) is 0 Å². The Balaban J connectivity index is 1.58. The topological polar surface area (TPSA) is 66.5 Å². The number of nitrogens with zero attached hydrogens (tertiary/aromatic N) is 1. The lowest BCUT2D eigenvalue weighted by Gasteiger charge is -2.30. The first kappa shape index (κ1) is 20.3. The Morgan fingerprint density at radius 2 is 1.85 bits per heavy atom. The number of rotatable bonds is 5. The van der Waals surface area contributed by atoms with E-state index >= 15 is 0 Å².